The fraction of sp³-hybridized carbons (Fsp3) is 0.211. The number of anilines is 1. The van der Waals surface area contributed by atoms with Crippen molar-refractivity contribution in [1.82, 2.24) is 14.7 Å². The molecule has 0 atom stereocenters. The molecule has 0 radical (unpaired) electrons. The topological polar surface area (TPSA) is 131 Å². The van der Waals surface area contributed by atoms with Crippen LogP contribution in [0, 0.1) is 0 Å². The highest BCUT2D eigenvalue weighted by Crippen LogP contribution is 2.26. The molecule has 158 valence electrons. The van der Waals surface area contributed by atoms with E-state index in [9.17, 15) is 13.2 Å². The Bertz CT molecular complexity index is 1120. The molecule has 0 aliphatic heterocycles. The molecule has 2 heterocycles. The zero-order valence-electron chi connectivity index (χ0n) is 16.0. The summed E-state index contributed by atoms with van der Waals surface area (Å²) in [7, 11) is -2.60. The summed E-state index contributed by atoms with van der Waals surface area (Å²) in [4.78, 5) is 20.6. The number of sulfonamides is 1. The van der Waals surface area contributed by atoms with Gasteiger partial charge in [0.1, 0.15) is 10.6 Å². The lowest BCUT2D eigenvalue weighted by Gasteiger charge is -2.12. The van der Waals surface area contributed by atoms with E-state index in [1.165, 1.54) is 36.6 Å². The summed E-state index contributed by atoms with van der Waals surface area (Å²) >= 11 is 1.22. The lowest BCUT2D eigenvalue weighted by Crippen LogP contribution is -2.24. The monoisotopic (exact) mass is 448 g/mol. The highest BCUT2D eigenvalue weighted by atomic mass is 32.2. The molecule has 0 bridgehead atoms. The normalized spacial score (nSPS) is 11.3. The van der Waals surface area contributed by atoms with E-state index < -0.39 is 15.9 Å². The minimum atomic E-state index is -3.96. The number of pyridine rings is 1. The number of nitrogens with one attached hydrogen (secondary N) is 2. The van der Waals surface area contributed by atoms with E-state index in [1.807, 2.05) is 0 Å². The molecule has 9 nitrogen and oxygen atoms in total. The SMILES string of the molecule is COc1ccc(C(=O)Nc2nc(CCO)cs2)cc1S(=O)(=O)NCc1cccnc1. The Morgan fingerprint density at radius 3 is 2.83 bits per heavy atom. The summed E-state index contributed by atoms with van der Waals surface area (Å²) in [6.07, 6.45) is 3.54. The number of carbonyl (C=O) groups is 1. The number of rotatable bonds is 9. The van der Waals surface area contributed by atoms with E-state index in [0.29, 0.717) is 22.8 Å². The maximum Gasteiger partial charge on any atom is 0.257 e. The average Bonchev–Trinajstić information content (AvgIpc) is 3.19. The molecule has 3 aromatic rings. The summed E-state index contributed by atoms with van der Waals surface area (Å²) in [6.45, 7) is 0.00532. The quantitative estimate of drug-likeness (QED) is 0.455. The van der Waals surface area contributed by atoms with Crippen LogP contribution in [0.2, 0.25) is 0 Å². The Balaban J connectivity index is 1.80. The summed E-state index contributed by atoms with van der Waals surface area (Å²) in [5.41, 5.74) is 1.49. The summed E-state index contributed by atoms with van der Waals surface area (Å²) < 4.78 is 33.3. The van der Waals surface area contributed by atoms with E-state index in [4.69, 9.17) is 9.84 Å². The second-order valence-electron chi connectivity index (χ2n) is 6.12. The van der Waals surface area contributed by atoms with Gasteiger partial charge in [-0.15, -0.1) is 11.3 Å². The third-order valence-corrected chi connectivity index (χ3v) is 6.27. The highest BCUT2D eigenvalue weighted by Gasteiger charge is 2.22. The number of ether oxygens (including phenoxy) is 1. The number of thiazole rings is 1. The second-order valence-corrected chi connectivity index (χ2v) is 8.72. The number of aliphatic hydroxyl groups excluding tert-OH is 1. The fourth-order valence-electron chi connectivity index (χ4n) is 2.55. The van der Waals surface area contributed by atoms with Crippen LogP contribution in [0.3, 0.4) is 0 Å². The van der Waals surface area contributed by atoms with E-state index in [0.717, 1.165) is 0 Å². The molecule has 0 spiro atoms. The van der Waals surface area contributed by atoms with E-state index in [2.05, 4.69) is 20.0 Å². The number of nitrogens with zero attached hydrogens (tertiary/aromatic N) is 2. The predicted octanol–water partition coefficient (Wildman–Crippen LogP) is 1.81. The van der Waals surface area contributed by atoms with Gasteiger partial charge in [0.05, 0.1) is 12.8 Å². The Kier molecular flexibility index (Phi) is 7.11. The largest absolute Gasteiger partial charge is 0.495 e. The van der Waals surface area contributed by atoms with Crippen molar-refractivity contribution in [2.45, 2.75) is 17.9 Å². The van der Waals surface area contributed by atoms with Crippen molar-refractivity contribution in [3.63, 3.8) is 0 Å². The Labute approximate surface area is 177 Å². The van der Waals surface area contributed by atoms with Crippen molar-refractivity contribution in [2.75, 3.05) is 19.0 Å². The zero-order chi connectivity index (χ0) is 21.6. The van der Waals surface area contributed by atoms with Gasteiger partial charge in [-0.3, -0.25) is 15.1 Å². The van der Waals surface area contributed by atoms with Gasteiger partial charge in [-0.1, -0.05) is 6.07 Å². The molecule has 11 heteroatoms. The average molecular weight is 449 g/mol. The minimum absolute atomic E-state index is 0.0388. The number of benzene rings is 1. The van der Waals surface area contributed by atoms with E-state index in [1.54, 1.807) is 29.9 Å². The van der Waals surface area contributed by atoms with Crippen LogP contribution in [0.1, 0.15) is 21.6 Å². The first kappa shape index (κ1) is 21.8. The van der Waals surface area contributed by atoms with Crippen LogP contribution in [0.4, 0.5) is 5.13 Å². The summed E-state index contributed by atoms with van der Waals surface area (Å²) in [5.74, 6) is -0.393. The summed E-state index contributed by atoms with van der Waals surface area (Å²) in [5, 5.41) is 13.7. The number of aromatic nitrogens is 2. The van der Waals surface area contributed by atoms with Gasteiger partial charge in [0.25, 0.3) is 5.91 Å². The molecule has 0 aliphatic carbocycles. The Morgan fingerprint density at radius 1 is 1.30 bits per heavy atom. The Hall–Kier alpha value is -2.86. The maximum absolute atomic E-state index is 12.8. The predicted molar refractivity (Wildman–Crippen MR) is 112 cm³/mol. The number of amides is 1. The van der Waals surface area contributed by atoms with Crippen LogP contribution >= 0.6 is 11.3 Å². The molecule has 0 aliphatic rings. The first-order valence-electron chi connectivity index (χ1n) is 8.86. The number of carbonyl (C=O) groups excluding carboxylic acids is 1. The lowest BCUT2D eigenvalue weighted by atomic mass is 10.2. The molecule has 30 heavy (non-hydrogen) atoms. The van der Waals surface area contributed by atoms with Crippen molar-refractivity contribution in [3.8, 4) is 5.75 Å². The van der Waals surface area contributed by atoms with Crippen LogP contribution in [0.25, 0.3) is 0 Å². The molecule has 1 amide bonds. The molecule has 0 saturated carbocycles. The van der Waals surface area contributed by atoms with Gasteiger partial charge in [-0.2, -0.15) is 0 Å². The van der Waals surface area contributed by atoms with E-state index >= 15 is 0 Å². The van der Waals surface area contributed by atoms with Crippen molar-refractivity contribution < 1.29 is 23.1 Å². The Morgan fingerprint density at radius 2 is 2.13 bits per heavy atom. The summed E-state index contributed by atoms with van der Waals surface area (Å²) in [6, 6.07) is 7.60. The van der Waals surface area contributed by atoms with Gasteiger partial charge in [0.2, 0.25) is 10.0 Å². The number of methoxy groups -OCH3 is 1. The standard InChI is InChI=1S/C19H20N4O5S2/c1-28-16-5-4-14(18(25)23-19-22-15(6-8-24)12-29-19)9-17(16)30(26,27)21-11-13-3-2-7-20-10-13/h2-5,7,9-10,12,21,24H,6,8,11H2,1H3,(H,22,23,25). The molecule has 3 rings (SSSR count). The van der Waals surface area contributed by atoms with Crippen molar-refractivity contribution in [2.24, 2.45) is 0 Å². The molecule has 0 unspecified atom stereocenters. The zero-order valence-corrected chi connectivity index (χ0v) is 17.7. The third kappa shape index (κ3) is 5.39. The van der Waals surface area contributed by atoms with Crippen molar-refractivity contribution >= 4 is 32.4 Å². The van der Waals surface area contributed by atoms with Crippen molar-refractivity contribution in [1.29, 1.82) is 0 Å². The lowest BCUT2D eigenvalue weighted by molar-refractivity contribution is 0.102. The fourth-order valence-corrected chi connectivity index (χ4v) is 4.50. The van der Waals surface area contributed by atoms with Gasteiger partial charge < -0.3 is 9.84 Å². The first-order valence-corrected chi connectivity index (χ1v) is 11.2. The highest BCUT2D eigenvalue weighted by molar-refractivity contribution is 7.89. The molecule has 3 N–H and O–H groups in total. The number of hydrogen-bond donors (Lipinski definition) is 3. The second kappa shape index (κ2) is 9.76. The van der Waals surface area contributed by atoms with Crippen LogP contribution in [0.5, 0.6) is 5.75 Å². The smallest absolute Gasteiger partial charge is 0.257 e. The van der Waals surface area contributed by atoms with Crippen molar-refractivity contribution in [3.05, 3.63) is 64.9 Å². The maximum atomic E-state index is 12.8. The van der Waals surface area contributed by atoms with Crippen LogP contribution in [0.15, 0.2) is 53.0 Å². The van der Waals surface area contributed by atoms with Gasteiger partial charge in [-0.05, 0) is 29.8 Å². The van der Waals surface area contributed by atoms with Crippen LogP contribution in [-0.2, 0) is 23.0 Å². The molecular weight excluding hydrogens is 428 g/mol. The minimum Gasteiger partial charge on any atom is -0.495 e. The van der Waals surface area contributed by atoms with E-state index in [-0.39, 0.29) is 29.4 Å². The molecule has 0 fully saturated rings. The van der Waals surface area contributed by atoms with Gasteiger partial charge in [0.15, 0.2) is 5.13 Å². The number of aliphatic hydroxyl groups is 1. The van der Waals surface area contributed by atoms with Gasteiger partial charge >= 0.3 is 0 Å². The molecule has 0 saturated heterocycles. The first-order chi connectivity index (χ1) is 14.4. The molecule has 1 aromatic carbocycles. The van der Waals surface area contributed by atoms with Crippen LogP contribution < -0.4 is 14.8 Å². The van der Waals surface area contributed by atoms with Crippen LogP contribution in [-0.4, -0.2) is 43.1 Å². The molecular formula is C19H20N4O5S2. The number of hydrogen-bond acceptors (Lipinski definition) is 8. The third-order valence-electron chi connectivity index (χ3n) is 4.04. The van der Waals surface area contributed by atoms with Gasteiger partial charge in [-0.25, -0.2) is 18.1 Å². The van der Waals surface area contributed by atoms with Gasteiger partial charge in [0, 0.05) is 42.9 Å². The molecule has 2 aromatic heterocycles.